The Morgan fingerprint density at radius 1 is 1.80 bits per heavy atom. The van der Waals surface area contributed by atoms with Crippen molar-refractivity contribution in [3.8, 4) is 0 Å². The molecule has 1 heterocycles. The highest BCUT2D eigenvalue weighted by molar-refractivity contribution is 4.78. The van der Waals surface area contributed by atoms with E-state index in [-0.39, 0.29) is 6.10 Å². The van der Waals surface area contributed by atoms with E-state index in [1.54, 1.807) is 0 Å². The Bertz CT molecular complexity index is 106. The zero-order valence-electron chi connectivity index (χ0n) is 6.45. The molecule has 3 nitrogen and oxygen atoms in total. The van der Waals surface area contributed by atoms with Crippen LogP contribution in [-0.2, 0) is 0 Å². The Balaban J connectivity index is 2.18. The van der Waals surface area contributed by atoms with Crippen molar-refractivity contribution in [2.45, 2.75) is 25.5 Å². The van der Waals surface area contributed by atoms with Crippen molar-refractivity contribution in [3.63, 3.8) is 0 Å². The van der Waals surface area contributed by atoms with Crippen LogP contribution in [0.25, 0.3) is 0 Å². The van der Waals surface area contributed by atoms with Crippen LogP contribution in [0, 0.1) is 0 Å². The Labute approximate surface area is 61.8 Å². The summed E-state index contributed by atoms with van der Waals surface area (Å²) in [5.74, 6) is 0. The molecule has 0 amide bonds. The third kappa shape index (κ3) is 2.25. The minimum Gasteiger partial charge on any atom is -0.392 e. The van der Waals surface area contributed by atoms with E-state index in [4.69, 9.17) is 10.8 Å². The quantitative estimate of drug-likeness (QED) is 0.544. The van der Waals surface area contributed by atoms with Crippen LogP contribution in [0.1, 0.15) is 13.3 Å². The highest BCUT2D eigenvalue weighted by Crippen LogP contribution is 2.06. The molecule has 3 heteroatoms. The fraction of sp³-hybridized carbons (Fsp3) is 1.00. The van der Waals surface area contributed by atoms with Crippen LogP contribution in [0.15, 0.2) is 0 Å². The summed E-state index contributed by atoms with van der Waals surface area (Å²) in [7, 11) is 0. The fourth-order valence-corrected chi connectivity index (χ4v) is 1.40. The van der Waals surface area contributed by atoms with Gasteiger partial charge in [-0.05, 0) is 19.9 Å². The van der Waals surface area contributed by atoms with Gasteiger partial charge in [-0.15, -0.1) is 0 Å². The molecule has 0 spiro atoms. The molecule has 60 valence electrons. The molecule has 2 atom stereocenters. The number of hydrogen-bond acceptors (Lipinski definition) is 3. The van der Waals surface area contributed by atoms with Gasteiger partial charge >= 0.3 is 0 Å². The van der Waals surface area contributed by atoms with Crippen molar-refractivity contribution in [1.29, 1.82) is 0 Å². The minimum absolute atomic E-state index is 0.217. The highest BCUT2D eigenvalue weighted by atomic mass is 16.3. The van der Waals surface area contributed by atoms with Gasteiger partial charge in [0, 0.05) is 19.1 Å². The summed E-state index contributed by atoms with van der Waals surface area (Å²) in [6.45, 7) is 4.58. The van der Waals surface area contributed by atoms with E-state index in [0.29, 0.717) is 6.04 Å². The molecule has 0 saturated carbocycles. The van der Waals surface area contributed by atoms with Crippen LogP contribution in [0.4, 0.5) is 0 Å². The van der Waals surface area contributed by atoms with Crippen LogP contribution >= 0.6 is 0 Å². The average molecular weight is 144 g/mol. The van der Waals surface area contributed by atoms with Crippen LogP contribution in [0.3, 0.4) is 0 Å². The number of nitrogens with two attached hydrogens (primary N) is 1. The number of hydrogen-bond donors (Lipinski definition) is 2. The van der Waals surface area contributed by atoms with Crippen LogP contribution < -0.4 is 5.73 Å². The smallest absolute Gasteiger partial charge is 0.0639 e. The maximum absolute atomic E-state index is 9.02. The summed E-state index contributed by atoms with van der Waals surface area (Å²) in [6, 6.07) is 0.332. The molecule has 1 aliphatic rings. The second kappa shape index (κ2) is 3.32. The molecule has 1 aliphatic heterocycles. The van der Waals surface area contributed by atoms with E-state index in [1.807, 2.05) is 6.92 Å². The molecule has 0 unspecified atom stereocenters. The molecular weight excluding hydrogens is 128 g/mol. The lowest BCUT2D eigenvalue weighted by Gasteiger charge is -2.16. The maximum Gasteiger partial charge on any atom is 0.0639 e. The minimum atomic E-state index is -0.217. The van der Waals surface area contributed by atoms with E-state index >= 15 is 0 Å². The van der Waals surface area contributed by atoms with Crippen molar-refractivity contribution < 1.29 is 5.11 Å². The van der Waals surface area contributed by atoms with Gasteiger partial charge in [-0.2, -0.15) is 0 Å². The first-order chi connectivity index (χ1) is 4.68. The number of nitrogens with zero attached hydrogens (tertiary/aromatic N) is 1. The highest BCUT2D eigenvalue weighted by Gasteiger charge is 2.19. The topological polar surface area (TPSA) is 49.5 Å². The third-order valence-electron chi connectivity index (χ3n) is 1.83. The van der Waals surface area contributed by atoms with Gasteiger partial charge in [-0.3, -0.25) is 4.90 Å². The van der Waals surface area contributed by atoms with Crippen LogP contribution in [0.5, 0.6) is 0 Å². The lowest BCUT2D eigenvalue weighted by Crippen LogP contribution is -2.31. The van der Waals surface area contributed by atoms with Gasteiger partial charge in [-0.25, -0.2) is 0 Å². The molecule has 10 heavy (non-hydrogen) atoms. The first kappa shape index (κ1) is 7.98. The number of aliphatic hydroxyl groups excluding tert-OH is 1. The zero-order valence-corrected chi connectivity index (χ0v) is 6.45. The molecular formula is C7H16N2O. The fourth-order valence-electron chi connectivity index (χ4n) is 1.40. The van der Waals surface area contributed by atoms with Gasteiger partial charge in [0.2, 0.25) is 0 Å². The summed E-state index contributed by atoms with van der Waals surface area (Å²) < 4.78 is 0. The summed E-state index contributed by atoms with van der Waals surface area (Å²) in [4.78, 5) is 2.20. The largest absolute Gasteiger partial charge is 0.392 e. The Morgan fingerprint density at radius 2 is 2.50 bits per heavy atom. The second-order valence-corrected chi connectivity index (χ2v) is 3.16. The molecule has 3 N–H and O–H groups in total. The Hall–Kier alpha value is -0.120. The first-order valence-electron chi connectivity index (χ1n) is 3.84. The van der Waals surface area contributed by atoms with Crippen LogP contribution in [0.2, 0.25) is 0 Å². The maximum atomic E-state index is 9.02. The van der Waals surface area contributed by atoms with E-state index in [2.05, 4.69) is 4.90 Å². The summed E-state index contributed by atoms with van der Waals surface area (Å²) in [6.07, 6.45) is 0.859. The standard InChI is InChI=1S/C7H16N2O/c1-6(10)4-9-3-2-7(8)5-9/h6-7,10H,2-5,8H2,1H3/t6-,7-/m0/s1. The number of β-amino-alcohol motifs (C(OH)–C–C–N with tert-alkyl or cyclic N) is 1. The van der Waals surface area contributed by atoms with Gasteiger partial charge in [0.1, 0.15) is 0 Å². The molecule has 0 radical (unpaired) electrons. The van der Waals surface area contributed by atoms with Gasteiger partial charge in [-0.1, -0.05) is 0 Å². The number of aliphatic hydroxyl groups is 1. The second-order valence-electron chi connectivity index (χ2n) is 3.16. The third-order valence-corrected chi connectivity index (χ3v) is 1.83. The van der Waals surface area contributed by atoms with E-state index in [9.17, 15) is 0 Å². The monoisotopic (exact) mass is 144 g/mol. The van der Waals surface area contributed by atoms with Gasteiger partial charge in [0.05, 0.1) is 6.10 Å². The summed E-state index contributed by atoms with van der Waals surface area (Å²) in [5.41, 5.74) is 5.68. The molecule has 1 fully saturated rings. The SMILES string of the molecule is C[C@H](O)CN1CC[C@H](N)C1. The van der Waals surface area contributed by atoms with Gasteiger partial charge in [0.25, 0.3) is 0 Å². The predicted molar refractivity (Wildman–Crippen MR) is 40.7 cm³/mol. The van der Waals surface area contributed by atoms with E-state index in [1.165, 1.54) is 0 Å². The van der Waals surface area contributed by atoms with E-state index in [0.717, 1.165) is 26.1 Å². The van der Waals surface area contributed by atoms with Crippen LogP contribution in [-0.4, -0.2) is 41.8 Å². The summed E-state index contributed by atoms with van der Waals surface area (Å²) in [5, 5.41) is 9.02. The van der Waals surface area contributed by atoms with Gasteiger partial charge < -0.3 is 10.8 Å². The van der Waals surface area contributed by atoms with E-state index < -0.39 is 0 Å². The van der Waals surface area contributed by atoms with Crippen molar-refractivity contribution in [1.82, 2.24) is 4.90 Å². The first-order valence-corrected chi connectivity index (χ1v) is 3.84. The molecule has 0 bridgehead atoms. The lowest BCUT2D eigenvalue weighted by molar-refractivity contribution is 0.140. The normalized spacial score (nSPS) is 30.9. The Kier molecular flexibility index (Phi) is 2.65. The lowest BCUT2D eigenvalue weighted by atomic mass is 10.3. The predicted octanol–water partition coefficient (Wildman–Crippen LogP) is -0.600. The molecule has 0 aliphatic carbocycles. The average Bonchev–Trinajstić information content (AvgIpc) is 2.13. The van der Waals surface area contributed by atoms with Gasteiger partial charge in [0.15, 0.2) is 0 Å². The molecule has 1 saturated heterocycles. The van der Waals surface area contributed by atoms with Crippen molar-refractivity contribution in [2.24, 2.45) is 5.73 Å². The van der Waals surface area contributed by atoms with Crippen molar-refractivity contribution >= 4 is 0 Å². The molecule has 1 rings (SSSR count). The van der Waals surface area contributed by atoms with Crippen molar-refractivity contribution in [2.75, 3.05) is 19.6 Å². The Morgan fingerprint density at radius 3 is 2.90 bits per heavy atom. The number of likely N-dealkylation sites (tertiary alicyclic amines) is 1. The van der Waals surface area contributed by atoms with Crippen molar-refractivity contribution in [3.05, 3.63) is 0 Å². The molecule has 0 aromatic carbocycles. The molecule has 0 aromatic heterocycles. The molecule has 0 aromatic rings. The zero-order chi connectivity index (χ0) is 7.56. The number of rotatable bonds is 2. The summed E-state index contributed by atoms with van der Waals surface area (Å²) >= 11 is 0.